The molecule has 1 aromatic carbocycles. The van der Waals surface area contributed by atoms with Crippen LogP contribution >= 0.6 is 22.9 Å². The summed E-state index contributed by atoms with van der Waals surface area (Å²) >= 11 is 6.77. The van der Waals surface area contributed by atoms with Gasteiger partial charge in [0.15, 0.2) is 17.5 Å². The molecule has 0 aliphatic rings. The number of nitrogens with one attached hydrogen (secondary N) is 3. The van der Waals surface area contributed by atoms with E-state index in [-0.39, 0.29) is 22.5 Å². The Morgan fingerprint density at radius 2 is 2.07 bits per heavy atom. The van der Waals surface area contributed by atoms with E-state index in [9.17, 15) is 12.8 Å². The van der Waals surface area contributed by atoms with Gasteiger partial charge in [0.1, 0.15) is 4.21 Å². The normalized spacial score (nSPS) is 13.2. The lowest BCUT2D eigenvalue weighted by Crippen LogP contribution is -2.42. The van der Waals surface area contributed by atoms with Gasteiger partial charge in [0.05, 0.1) is 17.5 Å². The third-order valence-corrected chi connectivity index (χ3v) is 6.96. The molecule has 0 bridgehead atoms. The third kappa shape index (κ3) is 6.06. The minimum Gasteiger partial charge on any atom is -0.494 e. The SMILES string of the molecule is CN=C(NCCNS(=O)(=O)c1ccc(Cl)s1)NC(C)c1ccc(OC)c(F)c1. The summed E-state index contributed by atoms with van der Waals surface area (Å²) < 4.78 is 46.1. The summed E-state index contributed by atoms with van der Waals surface area (Å²) in [6.45, 7) is 2.32. The standard InChI is InChI=1S/C17H22ClFN4O3S2/c1-11(12-4-5-14(26-3)13(19)10-12)23-17(20-2)21-8-9-22-28(24,25)16-7-6-15(18)27-16/h4-7,10-11,22H,8-9H2,1-3H3,(H2,20,21,23). The Morgan fingerprint density at radius 3 is 2.64 bits per heavy atom. The molecule has 0 aliphatic heterocycles. The summed E-state index contributed by atoms with van der Waals surface area (Å²) in [5.41, 5.74) is 0.719. The molecule has 7 nitrogen and oxygen atoms in total. The van der Waals surface area contributed by atoms with Gasteiger partial charge in [-0.25, -0.2) is 17.5 Å². The molecule has 3 N–H and O–H groups in total. The van der Waals surface area contributed by atoms with Gasteiger partial charge in [0.2, 0.25) is 10.0 Å². The second-order valence-corrected chi connectivity index (χ2v) is 9.42. The average molecular weight is 449 g/mol. The van der Waals surface area contributed by atoms with E-state index in [1.807, 2.05) is 6.92 Å². The van der Waals surface area contributed by atoms with Crippen LogP contribution in [0.2, 0.25) is 4.34 Å². The summed E-state index contributed by atoms with van der Waals surface area (Å²) in [4.78, 5) is 4.09. The van der Waals surface area contributed by atoms with Crippen LogP contribution in [0.25, 0.3) is 0 Å². The lowest BCUT2D eigenvalue weighted by Gasteiger charge is -2.19. The number of hydrogen-bond acceptors (Lipinski definition) is 5. The summed E-state index contributed by atoms with van der Waals surface area (Å²) in [6.07, 6.45) is 0. The molecule has 1 atom stereocenters. The number of aliphatic imine (C=N–C) groups is 1. The molecule has 0 aliphatic carbocycles. The van der Waals surface area contributed by atoms with Crippen LogP contribution in [-0.4, -0.2) is 41.6 Å². The Balaban J connectivity index is 1.85. The van der Waals surface area contributed by atoms with Gasteiger partial charge in [-0.05, 0) is 36.8 Å². The number of rotatable bonds is 8. The molecule has 1 unspecified atom stereocenters. The number of halogens is 2. The summed E-state index contributed by atoms with van der Waals surface area (Å²) in [7, 11) is -0.590. The second kappa shape index (κ2) is 10.1. The maximum atomic E-state index is 13.9. The Hall–Kier alpha value is -1.88. The maximum absolute atomic E-state index is 13.9. The van der Waals surface area contributed by atoms with Crippen molar-refractivity contribution in [3.8, 4) is 5.75 Å². The van der Waals surface area contributed by atoms with Crippen LogP contribution in [-0.2, 0) is 10.0 Å². The third-order valence-electron chi connectivity index (χ3n) is 3.78. The van der Waals surface area contributed by atoms with E-state index in [4.69, 9.17) is 16.3 Å². The summed E-state index contributed by atoms with van der Waals surface area (Å²) in [6, 6.07) is 7.48. The van der Waals surface area contributed by atoms with Gasteiger partial charge < -0.3 is 15.4 Å². The van der Waals surface area contributed by atoms with Gasteiger partial charge >= 0.3 is 0 Å². The molecule has 2 rings (SSSR count). The van der Waals surface area contributed by atoms with Crippen molar-refractivity contribution < 1.29 is 17.5 Å². The predicted molar refractivity (Wildman–Crippen MR) is 110 cm³/mol. The smallest absolute Gasteiger partial charge is 0.250 e. The van der Waals surface area contributed by atoms with Crippen molar-refractivity contribution in [1.29, 1.82) is 0 Å². The van der Waals surface area contributed by atoms with E-state index in [1.54, 1.807) is 19.2 Å². The van der Waals surface area contributed by atoms with E-state index >= 15 is 0 Å². The highest BCUT2D eigenvalue weighted by Gasteiger charge is 2.16. The van der Waals surface area contributed by atoms with Crippen LogP contribution in [0.3, 0.4) is 0 Å². The zero-order chi connectivity index (χ0) is 20.7. The van der Waals surface area contributed by atoms with Crippen molar-refractivity contribution in [2.75, 3.05) is 27.2 Å². The van der Waals surface area contributed by atoms with Crippen molar-refractivity contribution >= 4 is 38.9 Å². The lowest BCUT2D eigenvalue weighted by molar-refractivity contribution is 0.386. The first kappa shape index (κ1) is 22.4. The molecule has 1 heterocycles. The Kier molecular flexibility index (Phi) is 8.05. The fourth-order valence-corrected chi connectivity index (χ4v) is 4.87. The fraction of sp³-hybridized carbons (Fsp3) is 0.353. The molecule has 0 saturated carbocycles. The molecular formula is C17H22ClFN4O3S2. The first-order valence-electron chi connectivity index (χ1n) is 8.32. The molecule has 0 saturated heterocycles. The molecule has 2 aromatic rings. The molecule has 154 valence electrons. The van der Waals surface area contributed by atoms with Crippen LogP contribution < -0.4 is 20.1 Å². The Morgan fingerprint density at radius 1 is 1.32 bits per heavy atom. The number of hydrogen-bond donors (Lipinski definition) is 3. The van der Waals surface area contributed by atoms with Crippen molar-refractivity contribution in [2.45, 2.75) is 17.2 Å². The molecule has 28 heavy (non-hydrogen) atoms. The summed E-state index contributed by atoms with van der Waals surface area (Å²) in [5, 5.41) is 6.13. The lowest BCUT2D eigenvalue weighted by atomic mass is 10.1. The molecule has 0 fully saturated rings. The number of sulfonamides is 1. The highest BCUT2D eigenvalue weighted by Crippen LogP contribution is 2.25. The largest absolute Gasteiger partial charge is 0.494 e. The van der Waals surface area contributed by atoms with Crippen molar-refractivity contribution in [3.05, 3.63) is 46.0 Å². The van der Waals surface area contributed by atoms with Crippen LogP contribution in [0.5, 0.6) is 5.75 Å². The number of nitrogens with zero attached hydrogens (tertiary/aromatic N) is 1. The Bertz CT molecular complexity index is 934. The van der Waals surface area contributed by atoms with Crippen molar-refractivity contribution in [2.24, 2.45) is 4.99 Å². The van der Waals surface area contributed by atoms with Crippen LogP contribution in [0, 0.1) is 5.82 Å². The first-order valence-corrected chi connectivity index (χ1v) is 11.0. The minimum absolute atomic E-state index is 0.157. The van der Waals surface area contributed by atoms with Gasteiger partial charge in [0, 0.05) is 20.1 Å². The first-order chi connectivity index (χ1) is 13.3. The monoisotopic (exact) mass is 448 g/mol. The van der Waals surface area contributed by atoms with E-state index in [0.29, 0.717) is 16.8 Å². The molecule has 0 amide bonds. The Labute approximate surface area is 173 Å². The average Bonchev–Trinajstić information content (AvgIpc) is 3.11. The number of benzene rings is 1. The van der Waals surface area contributed by atoms with Crippen molar-refractivity contribution in [3.63, 3.8) is 0 Å². The van der Waals surface area contributed by atoms with Crippen LogP contribution in [0.15, 0.2) is 39.5 Å². The van der Waals surface area contributed by atoms with Crippen molar-refractivity contribution in [1.82, 2.24) is 15.4 Å². The highest BCUT2D eigenvalue weighted by molar-refractivity contribution is 7.91. The molecule has 0 spiro atoms. The molecule has 1 aromatic heterocycles. The van der Waals surface area contributed by atoms with Crippen LogP contribution in [0.4, 0.5) is 4.39 Å². The van der Waals surface area contributed by atoms with E-state index in [2.05, 4.69) is 20.3 Å². The molecule has 0 radical (unpaired) electrons. The van der Waals surface area contributed by atoms with E-state index in [0.717, 1.165) is 16.9 Å². The molecular weight excluding hydrogens is 427 g/mol. The number of methoxy groups -OCH3 is 1. The molecule has 11 heteroatoms. The van der Waals surface area contributed by atoms with Gasteiger partial charge in [0.25, 0.3) is 0 Å². The van der Waals surface area contributed by atoms with Gasteiger partial charge in [-0.2, -0.15) is 0 Å². The number of guanidine groups is 1. The zero-order valence-electron chi connectivity index (χ0n) is 15.6. The predicted octanol–water partition coefficient (Wildman–Crippen LogP) is 2.75. The fourth-order valence-electron chi connectivity index (χ4n) is 2.31. The van der Waals surface area contributed by atoms with Gasteiger partial charge in [-0.1, -0.05) is 17.7 Å². The van der Waals surface area contributed by atoms with E-state index in [1.165, 1.54) is 25.3 Å². The van der Waals surface area contributed by atoms with Gasteiger partial charge in [-0.3, -0.25) is 4.99 Å². The van der Waals surface area contributed by atoms with Crippen LogP contribution in [0.1, 0.15) is 18.5 Å². The highest BCUT2D eigenvalue weighted by atomic mass is 35.5. The number of ether oxygens (including phenoxy) is 1. The minimum atomic E-state index is -3.59. The summed E-state index contributed by atoms with van der Waals surface area (Å²) in [5.74, 6) is 0.194. The topological polar surface area (TPSA) is 91.8 Å². The maximum Gasteiger partial charge on any atom is 0.250 e. The number of thiophene rings is 1. The zero-order valence-corrected chi connectivity index (χ0v) is 18.0. The quantitative estimate of drug-likeness (QED) is 0.328. The second-order valence-electron chi connectivity index (χ2n) is 5.72. The van der Waals surface area contributed by atoms with Gasteiger partial charge in [-0.15, -0.1) is 11.3 Å². The van der Waals surface area contributed by atoms with E-state index < -0.39 is 15.8 Å².